The summed E-state index contributed by atoms with van der Waals surface area (Å²) in [6.07, 6.45) is -0.0890. The fraction of sp³-hybridized carbons (Fsp3) is 0.429. The molecule has 0 atom stereocenters. The second kappa shape index (κ2) is 7.41. The standard InChI is InChI=1S/C14H19NO4/c1-10(2)11-5-3-4-6-12(11)19-9-13(16)15-8-7-14(17)18/h3-6,10H,7-9H2,1-2H3,(H,15,16)(H,17,18). The van der Waals surface area contributed by atoms with Gasteiger partial charge < -0.3 is 15.2 Å². The lowest BCUT2D eigenvalue weighted by molar-refractivity contribution is -0.137. The third-order valence-corrected chi connectivity index (χ3v) is 2.56. The first-order chi connectivity index (χ1) is 9.00. The van der Waals surface area contributed by atoms with Crippen molar-refractivity contribution in [2.75, 3.05) is 13.2 Å². The highest BCUT2D eigenvalue weighted by Gasteiger charge is 2.09. The molecule has 0 radical (unpaired) electrons. The van der Waals surface area contributed by atoms with Gasteiger partial charge in [-0.15, -0.1) is 0 Å². The Morgan fingerprint density at radius 3 is 2.63 bits per heavy atom. The van der Waals surface area contributed by atoms with Crippen LogP contribution in [0, 0.1) is 0 Å². The molecule has 0 saturated carbocycles. The van der Waals surface area contributed by atoms with Crippen molar-refractivity contribution in [3.8, 4) is 5.75 Å². The van der Waals surface area contributed by atoms with Gasteiger partial charge in [0.05, 0.1) is 6.42 Å². The summed E-state index contributed by atoms with van der Waals surface area (Å²) in [5, 5.41) is 10.9. The number of carboxylic acid groups (broad SMARTS) is 1. The van der Waals surface area contributed by atoms with E-state index in [1.807, 2.05) is 24.3 Å². The Morgan fingerprint density at radius 1 is 1.32 bits per heavy atom. The highest BCUT2D eigenvalue weighted by Crippen LogP contribution is 2.25. The summed E-state index contributed by atoms with van der Waals surface area (Å²) < 4.78 is 5.46. The Bertz CT molecular complexity index is 443. The van der Waals surface area contributed by atoms with E-state index >= 15 is 0 Å². The Morgan fingerprint density at radius 2 is 2.00 bits per heavy atom. The molecular formula is C14H19NO4. The van der Waals surface area contributed by atoms with Gasteiger partial charge in [0.2, 0.25) is 0 Å². The summed E-state index contributed by atoms with van der Waals surface area (Å²) in [4.78, 5) is 21.7. The summed E-state index contributed by atoms with van der Waals surface area (Å²) in [6.45, 7) is 4.11. The number of carbonyl (C=O) groups is 2. The van der Waals surface area contributed by atoms with Crippen LogP contribution in [-0.2, 0) is 9.59 Å². The molecule has 1 aromatic rings. The maximum atomic E-state index is 11.4. The average Bonchev–Trinajstić information content (AvgIpc) is 2.36. The molecule has 104 valence electrons. The van der Waals surface area contributed by atoms with E-state index in [2.05, 4.69) is 19.2 Å². The molecule has 19 heavy (non-hydrogen) atoms. The van der Waals surface area contributed by atoms with E-state index in [0.29, 0.717) is 11.7 Å². The summed E-state index contributed by atoms with van der Waals surface area (Å²) in [7, 11) is 0. The van der Waals surface area contributed by atoms with Crippen LogP contribution < -0.4 is 10.1 Å². The summed E-state index contributed by atoms with van der Waals surface area (Å²) in [6, 6.07) is 7.56. The minimum atomic E-state index is -0.939. The molecule has 1 amide bonds. The van der Waals surface area contributed by atoms with Crippen LogP contribution in [0.1, 0.15) is 31.7 Å². The highest BCUT2D eigenvalue weighted by molar-refractivity contribution is 5.78. The lowest BCUT2D eigenvalue weighted by Crippen LogP contribution is -2.30. The summed E-state index contributed by atoms with van der Waals surface area (Å²) in [5.41, 5.74) is 1.04. The van der Waals surface area contributed by atoms with Crippen LogP contribution in [0.5, 0.6) is 5.75 Å². The number of carboxylic acids is 1. The van der Waals surface area contributed by atoms with E-state index in [1.54, 1.807) is 0 Å². The van der Waals surface area contributed by atoms with E-state index in [-0.39, 0.29) is 25.5 Å². The smallest absolute Gasteiger partial charge is 0.305 e. The average molecular weight is 265 g/mol. The van der Waals surface area contributed by atoms with Gasteiger partial charge in [0.1, 0.15) is 5.75 Å². The molecule has 0 aliphatic rings. The largest absolute Gasteiger partial charge is 0.483 e. The normalized spacial score (nSPS) is 10.3. The van der Waals surface area contributed by atoms with Crippen molar-refractivity contribution in [3.63, 3.8) is 0 Å². The van der Waals surface area contributed by atoms with E-state index < -0.39 is 5.97 Å². The van der Waals surface area contributed by atoms with Gasteiger partial charge in [0.25, 0.3) is 5.91 Å². The van der Waals surface area contributed by atoms with Crippen LogP contribution in [0.4, 0.5) is 0 Å². The van der Waals surface area contributed by atoms with Crippen LogP contribution in [0.3, 0.4) is 0 Å². The minimum absolute atomic E-state index is 0.0890. The Labute approximate surface area is 112 Å². The van der Waals surface area contributed by atoms with Crippen molar-refractivity contribution in [1.82, 2.24) is 5.32 Å². The van der Waals surface area contributed by atoms with Gasteiger partial charge in [-0.25, -0.2) is 0 Å². The molecule has 1 aromatic carbocycles. The van der Waals surface area contributed by atoms with Crippen LogP contribution in [-0.4, -0.2) is 30.1 Å². The fourth-order valence-electron chi connectivity index (χ4n) is 1.59. The van der Waals surface area contributed by atoms with E-state index in [1.165, 1.54) is 0 Å². The zero-order chi connectivity index (χ0) is 14.3. The molecule has 0 spiro atoms. The molecule has 0 unspecified atom stereocenters. The van der Waals surface area contributed by atoms with Crippen LogP contribution in [0.2, 0.25) is 0 Å². The van der Waals surface area contributed by atoms with Gasteiger partial charge in [0.15, 0.2) is 6.61 Å². The lowest BCUT2D eigenvalue weighted by Gasteiger charge is -2.13. The zero-order valence-corrected chi connectivity index (χ0v) is 11.2. The number of hydrogen-bond donors (Lipinski definition) is 2. The molecular weight excluding hydrogens is 246 g/mol. The number of carbonyl (C=O) groups excluding carboxylic acids is 1. The number of rotatable bonds is 7. The maximum Gasteiger partial charge on any atom is 0.305 e. The topological polar surface area (TPSA) is 75.6 Å². The van der Waals surface area contributed by atoms with Gasteiger partial charge in [-0.1, -0.05) is 32.0 Å². The lowest BCUT2D eigenvalue weighted by atomic mass is 10.0. The third-order valence-electron chi connectivity index (χ3n) is 2.56. The van der Waals surface area contributed by atoms with Crippen LogP contribution >= 0.6 is 0 Å². The first-order valence-electron chi connectivity index (χ1n) is 6.21. The Balaban J connectivity index is 2.44. The maximum absolute atomic E-state index is 11.4. The van der Waals surface area contributed by atoms with Gasteiger partial charge >= 0.3 is 5.97 Å². The van der Waals surface area contributed by atoms with E-state index in [9.17, 15) is 9.59 Å². The molecule has 0 saturated heterocycles. The van der Waals surface area contributed by atoms with Crippen molar-refractivity contribution in [1.29, 1.82) is 0 Å². The van der Waals surface area contributed by atoms with Gasteiger partial charge in [-0.05, 0) is 17.5 Å². The second-order valence-corrected chi connectivity index (χ2v) is 4.47. The zero-order valence-electron chi connectivity index (χ0n) is 11.2. The molecule has 0 aliphatic carbocycles. The van der Waals surface area contributed by atoms with Crippen molar-refractivity contribution in [2.24, 2.45) is 0 Å². The number of ether oxygens (including phenoxy) is 1. The number of para-hydroxylation sites is 1. The van der Waals surface area contributed by atoms with Gasteiger partial charge in [-0.3, -0.25) is 9.59 Å². The fourth-order valence-corrected chi connectivity index (χ4v) is 1.59. The molecule has 0 heterocycles. The van der Waals surface area contributed by atoms with Crippen molar-refractivity contribution < 1.29 is 19.4 Å². The first-order valence-corrected chi connectivity index (χ1v) is 6.21. The molecule has 0 bridgehead atoms. The first kappa shape index (κ1) is 15.0. The number of aliphatic carboxylic acids is 1. The summed E-state index contributed by atoms with van der Waals surface area (Å²) >= 11 is 0. The number of nitrogens with one attached hydrogen (secondary N) is 1. The summed E-state index contributed by atoms with van der Waals surface area (Å²) in [5.74, 6) is -0.261. The molecule has 0 fully saturated rings. The molecule has 2 N–H and O–H groups in total. The van der Waals surface area contributed by atoms with Gasteiger partial charge in [-0.2, -0.15) is 0 Å². The number of benzene rings is 1. The molecule has 5 nitrogen and oxygen atoms in total. The van der Waals surface area contributed by atoms with Crippen molar-refractivity contribution in [2.45, 2.75) is 26.2 Å². The second-order valence-electron chi connectivity index (χ2n) is 4.47. The van der Waals surface area contributed by atoms with Crippen LogP contribution in [0.25, 0.3) is 0 Å². The highest BCUT2D eigenvalue weighted by atomic mass is 16.5. The monoisotopic (exact) mass is 265 g/mol. The van der Waals surface area contributed by atoms with Crippen molar-refractivity contribution in [3.05, 3.63) is 29.8 Å². The number of amides is 1. The molecule has 5 heteroatoms. The third kappa shape index (κ3) is 5.42. The SMILES string of the molecule is CC(C)c1ccccc1OCC(=O)NCCC(=O)O. The Hall–Kier alpha value is -2.04. The van der Waals surface area contributed by atoms with Crippen LogP contribution in [0.15, 0.2) is 24.3 Å². The van der Waals surface area contributed by atoms with E-state index in [4.69, 9.17) is 9.84 Å². The Kier molecular flexibility index (Phi) is 5.85. The molecule has 1 rings (SSSR count). The number of hydrogen-bond acceptors (Lipinski definition) is 3. The quantitative estimate of drug-likeness (QED) is 0.788. The molecule has 0 aromatic heterocycles. The van der Waals surface area contributed by atoms with E-state index in [0.717, 1.165) is 5.56 Å². The van der Waals surface area contributed by atoms with Crippen molar-refractivity contribution >= 4 is 11.9 Å². The molecule has 0 aliphatic heterocycles. The predicted molar refractivity (Wildman–Crippen MR) is 71.3 cm³/mol. The minimum Gasteiger partial charge on any atom is -0.483 e. The van der Waals surface area contributed by atoms with Gasteiger partial charge in [0, 0.05) is 6.54 Å². The predicted octanol–water partition coefficient (Wildman–Crippen LogP) is 1.78.